The van der Waals surface area contributed by atoms with E-state index in [-0.39, 0.29) is 16.1 Å². The van der Waals surface area contributed by atoms with Gasteiger partial charge in [0, 0.05) is 11.6 Å². The average Bonchev–Trinajstić information content (AvgIpc) is 2.44. The van der Waals surface area contributed by atoms with Crippen molar-refractivity contribution >= 4 is 33.3 Å². The van der Waals surface area contributed by atoms with Crippen LogP contribution < -0.4 is 16.6 Å². The molecular weight excluding hydrogens is 344 g/mol. The number of nitrogens with one attached hydrogen (secondary N) is 2. The van der Waals surface area contributed by atoms with Gasteiger partial charge in [-0.05, 0) is 27.9 Å². The van der Waals surface area contributed by atoms with E-state index >= 15 is 0 Å². The molecule has 0 bridgehead atoms. The zero-order chi connectivity index (χ0) is 15.6. The van der Waals surface area contributed by atoms with Crippen LogP contribution in [-0.4, -0.2) is 9.97 Å². The summed E-state index contributed by atoms with van der Waals surface area (Å²) in [5, 5.41) is 2.85. The zero-order valence-electron chi connectivity index (χ0n) is 11.4. The molecule has 0 saturated carbocycles. The van der Waals surface area contributed by atoms with Crippen molar-refractivity contribution in [2.75, 3.05) is 10.7 Å². The lowest BCUT2D eigenvalue weighted by molar-refractivity contribution is 0.581. The summed E-state index contributed by atoms with van der Waals surface area (Å²) in [5.41, 5.74) is 3.30. The Hall–Kier alpha value is -1.80. The number of aromatic nitrogens is 2. The minimum absolute atomic E-state index is 0.0479. The highest BCUT2D eigenvalue weighted by atomic mass is 79.9. The molecule has 0 unspecified atom stereocenters. The molecule has 1 aromatic carbocycles. The van der Waals surface area contributed by atoms with E-state index in [1.807, 2.05) is 13.8 Å². The molecular formula is C13H14BrF2N5. The molecule has 0 atom stereocenters. The maximum Gasteiger partial charge on any atom is 0.149 e. The Morgan fingerprint density at radius 1 is 1.14 bits per heavy atom. The lowest BCUT2D eigenvalue weighted by Gasteiger charge is -2.17. The number of nitrogen functional groups attached to an aromatic ring is 1. The Morgan fingerprint density at radius 3 is 2.43 bits per heavy atom. The van der Waals surface area contributed by atoms with Gasteiger partial charge in [-0.15, -0.1) is 0 Å². The number of rotatable bonds is 4. The van der Waals surface area contributed by atoms with Crippen LogP contribution in [0.2, 0.25) is 0 Å². The number of nitrogens with two attached hydrogens (primary N) is 1. The van der Waals surface area contributed by atoms with Gasteiger partial charge >= 0.3 is 0 Å². The van der Waals surface area contributed by atoms with Gasteiger partial charge in [-0.3, -0.25) is 0 Å². The lowest BCUT2D eigenvalue weighted by Crippen LogP contribution is -2.14. The first-order valence-electron chi connectivity index (χ1n) is 6.17. The van der Waals surface area contributed by atoms with Crippen molar-refractivity contribution in [2.24, 2.45) is 5.84 Å². The number of anilines is 3. The van der Waals surface area contributed by atoms with Gasteiger partial charge in [0.15, 0.2) is 0 Å². The van der Waals surface area contributed by atoms with E-state index in [1.54, 1.807) is 0 Å². The molecule has 5 nitrogen and oxygen atoms in total. The van der Waals surface area contributed by atoms with Crippen LogP contribution in [0.5, 0.6) is 0 Å². The Labute approximate surface area is 129 Å². The van der Waals surface area contributed by atoms with Gasteiger partial charge in [0.05, 0.1) is 10.2 Å². The predicted octanol–water partition coefficient (Wildman–Crippen LogP) is 3.67. The zero-order valence-corrected chi connectivity index (χ0v) is 13.0. The maximum absolute atomic E-state index is 13.8. The Bertz CT molecular complexity index is 663. The van der Waals surface area contributed by atoms with Crippen molar-refractivity contribution in [3.63, 3.8) is 0 Å². The van der Waals surface area contributed by atoms with E-state index in [0.29, 0.717) is 17.2 Å². The van der Waals surface area contributed by atoms with E-state index < -0.39 is 11.6 Å². The van der Waals surface area contributed by atoms with Gasteiger partial charge in [0.1, 0.15) is 29.6 Å². The van der Waals surface area contributed by atoms with Crippen LogP contribution in [-0.2, 0) is 0 Å². The van der Waals surface area contributed by atoms with Crippen LogP contribution in [0.25, 0.3) is 0 Å². The summed E-state index contributed by atoms with van der Waals surface area (Å²) in [4.78, 5) is 8.13. The van der Waals surface area contributed by atoms with Crippen molar-refractivity contribution in [1.29, 1.82) is 0 Å². The van der Waals surface area contributed by atoms with Gasteiger partial charge in [0.25, 0.3) is 0 Å². The monoisotopic (exact) mass is 357 g/mol. The van der Waals surface area contributed by atoms with Gasteiger partial charge in [-0.25, -0.2) is 24.6 Å². The Kier molecular flexibility index (Phi) is 4.69. The van der Waals surface area contributed by atoms with Crippen LogP contribution in [0, 0.1) is 11.6 Å². The molecule has 1 aromatic heterocycles. The molecule has 0 aliphatic rings. The van der Waals surface area contributed by atoms with Crippen molar-refractivity contribution in [2.45, 2.75) is 19.8 Å². The quantitative estimate of drug-likeness (QED) is 0.442. The molecule has 1 heterocycles. The van der Waals surface area contributed by atoms with Crippen LogP contribution in [0.3, 0.4) is 0 Å². The van der Waals surface area contributed by atoms with E-state index in [9.17, 15) is 8.78 Å². The summed E-state index contributed by atoms with van der Waals surface area (Å²) in [5.74, 6) is 4.94. The molecule has 21 heavy (non-hydrogen) atoms. The minimum atomic E-state index is -0.716. The summed E-state index contributed by atoms with van der Waals surface area (Å²) in [6.07, 6.45) is 1.31. The highest BCUT2D eigenvalue weighted by Crippen LogP contribution is 2.32. The maximum atomic E-state index is 13.8. The Morgan fingerprint density at radius 2 is 1.81 bits per heavy atom. The largest absolute Gasteiger partial charge is 0.337 e. The molecule has 112 valence electrons. The first-order valence-corrected chi connectivity index (χ1v) is 6.96. The van der Waals surface area contributed by atoms with Crippen molar-refractivity contribution in [3.8, 4) is 0 Å². The highest BCUT2D eigenvalue weighted by molar-refractivity contribution is 9.10. The number of benzene rings is 1. The van der Waals surface area contributed by atoms with Crippen LogP contribution >= 0.6 is 15.9 Å². The molecule has 0 aliphatic carbocycles. The van der Waals surface area contributed by atoms with Crippen LogP contribution in [0.4, 0.5) is 26.1 Å². The molecule has 2 rings (SSSR count). The molecule has 0 aliphatic heterocycles. The molecule has 0 saturated heterocycles. The highest BCUT2D eigenvalue weighted by Gasteiger charge is 2.16. The van der Waals surface area contributed by atoms with Gasteiger partial charge in [-0.2, -0.15) is 0 Å². The third-order valence-corrected chi connectivity index (χ3v) is 3.47. The van der Waals surface area contributed by atoms with Gasteiger partial charge < -0.3 is 10.7 Å². The third-order valence-electron chi connectivity index (χ3n) is 2.86. The summed E-state index contributed by atoms with van der Waals surface area (Å²) < 4.78 is 27.2. The Balaban J connectivity index is 2.47. The van der Waals surface area contributed by atoms with Gasteiger partial charge in [0.2, 0.25) is 0 Å². The number of hydrazine groups is 1. The van der Waals surface area contributed by atoms with Crippen molar-refractivity contribution in [1.82, 2.24) is 9.97 Å². The first-order chi connectivity index (χ1) is 9.93. The topological polar surface area (TPSA) is 75.9 Å². The number of hydrogen-bond donors (Lipinski definition) is 3. The second kappa shape index (κ2) is 6.31. The van der Waals surface area contributed by atoms with Crippen molar-refractivity contribution in [3.05, 3.63) is 40.1 Å². The van der Waals surface area contributed by atoms with Gasteiger partial charge in [-0.1, -0.05) is 13.8 Å². The fourth-order valence-electron chi connectivity index (χ4n) is 1.90. The average molecular weight is 358 g/mol. The molecule has 0 radical (unpaired) electrons. The number of hydrogen-bond acceptors (Lipinski definition) is 5. The standard InChI is InChI=1S/C13H14BrF2N5/c1-6(2)11-12(18-5-19-13(11)21-17)20-10-3-7(14)8(15)4-9(10)16/h3-6H,17H2,1-2H3,(H2,18,19,20,21). The normalized spacial score (nSPS) is 10.8. The lowest BCUT2D eigenvalue weighted by atomic mass is 10.0. The number of halogens is 3. The van der Waals surface area contributed by atoms with E-state index in [2.05, 4.69) is 36.6 Å². The van der Waals surface area contributed by atoms with Crippen molar-refractivity contribution < 1.29 is 8.78 Å². The molecule has 0 spiro atoms. The summed E-state index contributed by atoms with van der Waals surface area (Å²) in [6.45, 7) is 3.86. The smallest absolute Gasteiger partial charge is 0.149 e. The summed E-state index contributed by atoms with van der Waals surface area (Å²) in [7, 11) is 0. The second-order valence-corrected chi connectivity index (χ2v) is 5.51. The third kappa shape index (κ3) is 3.27. The fraction of sp³-hybridized carbons (Fsp3) is 0.231. The SMILES string of the molecule is CC(C)c1c(NN)ncnc1Nc1cc(Br)c(F)cc1F. The molecule has 4 N–H and O–H groups in total. The molecule has 0 amide bonds. The number of nitrogens with zero attached hydrogens (tertiary/aromatic N) is 2. The second-order valence-electron chi connectivity index (χ2n) is 4.65. The van der Waals surface area contributed by atoms with E-state index in [0.717, 1.165) is 6.07 Å². The fourth-order valence-corrected chi connectivity index (χ4v) is 2.25. The summed E-state index contributed by atoms with van der Waals surface area (Å²) >= 11 is 3.02. The predicted molar refractivity (Wildman–Crippen MR) is 81.3 cm³/mol. The summed E-state index contributed by atoms with van der Waals surface area (Å²) in [6, 6.07) is 2.11. The molecule has 8 heteroatoms. The minimum Gasteiger partial charge on any atom is -0.337 e. The first kappa shape index (κ1) is 15.6. The van der Waals surface area contributed by atoms with Crippen LogP contribution in [0.15, 0.2) is 22.9 Å². The molecule has 2 aromatic rings. The van der Waals surface area contributed by atoms with E-state index in [4.69, 9.17) is 5.84 Å². The molecule has 0 fully saturated rings. The van der Waals surface area contributed by atoms with E-state index in [1.165, 1.54) is 12.4 Å². The van der Waals surface area contributed by atoms with Crippen LogP contribution in [0.1, 0.15) is 25.3 Å².